The van der Waals surface area contributed by atoms with Crippen LogP contribution in [0.25, 0.3) is 0 Å². The Kier molecular flexibility index (Phi) is 6.30. The van der Waals surface area contributed by atoms with Gasteiger partial charge in [-0.05, 0) is 43.5 Å². The Bertz CT molecular complexity index is 741. The van der Waals surface area contributed by atoms with Gasteiger partial charge in [0.1, 0.15) is 5.75 Å². The van der Waals surface area contributed by atoms with Gasteiger partial charge in [0.25, 0.3) is 5.91 Å². The first-order chi connectivity index (χ1) is 12.2. The lowest BCUT2D eigenvalue weighted by molar-refractivity contribution is -0.123. The summed E-state index contributed by atoms with van der Waals surface area (Å²) in [5, 5.41) is 5.72. The zero-order chi connectivity index (χ0) is 17.5. The first kappa shape index (κ1) is 17.8. The Morgan fingerprint density at radius 1 is 1.24 bits per heavy atom. The van der Waals surface area contributed by atoms with Crippen molar-refractivity contribution < 1.29 is 9.53 Å². The van der Waals surface area contributed by atoms with Crippen LogP contribution in [0.4, 0.5) is 5.00 Å². The van der Waals surface area contributed by atoms with Crippen LogP contribution >= 0.6 is 22.9 Å². The number of amides is 1. The van der Waals surface area contributed by atoms with Crippen molar-refractivity contribution in [1.82, 2.24) is 5.43 Å². The average molecular weight is 378 g/mol. The Hall–Kier alpha value is -2.05. The van der Waals surface area contributed by atoms with Crippen LogP contribution in [0.15, 0.2) is 41.5 Å². The summed E-state index contributed by atoms with van der Waals surface area (Å²) in [5.74, 6) is 0.150. The van der Waals surface area contributed by atoms with Crippen molar-refractivity contribution in [2.75, 3.05) is 24.6 Å². The molecule has 1 amide bonds. The maximum atomic E-state index is 11.8. The number of hydrogen-bond acceptors (Lipinski definition) is 5. The molecule has 1 fully saturated rings. The fraction of sp³-hybridized carbons (Fsp3) is 0.333. The maximum Gasteiger partial charge on any atom is 0.277 e. The molecular weight excluding hydrogens is 358 g/mol. The SMILES string of the molecule is O=C(COc1ccccc1Cl)N/N=C/c1ccc(N2CCCCC2)s1. The van der Waals surface area contributed by atoms with Crippen LogP contribution in [0.5, 0.6) is 5.75 Å². The number of halogens is 1. The number of benzene rings is 1. The summed E-state index contributed by atoms with van der Waals surface area (Å²) in [6.07, 6.45) is 5.48. The molecule has 0 spiro atoms. The van der Waals surface area contributed by atoms with E-state index < -0.39 is 0 Å². The maximum absolute atomic E-state index is 11.8. The highest BCUT2D eigenvalue weighted by molar-refractivity contribution is 7.17. The van der Waals surface area contributed by atoms with Crippen molar-refractivity contribution >= 4 is 40.1 Å². The first-order valence-electron chi connectivity index (χ1n) is 8.26. The highest BCUT2D eigenvalue weighted by Crippen LogP contribution is 2.27. The van der Waals surface area contributed by atoms with Crippen LogP contribution in [0.1, 0.15) is 24.1 Å². The molecule has 0 saturated carbocycles. The third-order valence-corrected chi connectivity index (χ3v) is 5.25. The molecule has 2 aromatic rings. The summed E-state index contributed by atoms with van der Waals surface area (Å²) in [6.45, 7) is 2.10. The molecule has 1 N–H and O–H groups in total. The summed E-state index contributed by atoms with van der Waals surface area (Å²) < 4.78 is 5.36. The minimum Gasteiger partial charge on any atom is -0.482 e. The molecule has 132 valence electrons. The molecule has 1 aromatic heterocycles. The number of para-hydroxylation sites is 1. The van der Waals surface area contributed by atoms with Crippen molar-refractivity contribution in [3.05, 3.63) is 46.3 Å². The second-order valence-corrected chi connectivity index (χ2v) is 7.24. The van der Waals surface area contributed by atoms with E-state index in [1.54, 1.807) is 41.8 Å². The van der Waals surface area contributed by atoms with Gasteiger partial charge in [0, 0.05) is 18.0 Å². The third-order valence-electron chi connectivity index (χ3n) is 3.86. The number of hydrazone groups is 1. The Labute approximate surface area is 156 Å². The molecular formula is C18H20ClN3O2S. The molecule has 0 bridgehead atoms. The Balaban J connectivity index is 1.45. The topological polar surface area (TPSA) is 53.9 Å². The molecule has 1 aliphatic heterocycles. The van der Waals surface area contributed by atoms with Gasteiger partial charge >= 0.3 is 0 Å². The number of anilines is 1. The van der Waals surface area contributed by atoms with Gasteiger partial charge in [-0.25, -0.2) is 5.43 Å². The summed E-state index contributed by atoms with van der Waals surface area (Å²) in [5.41, 5.74) is 2.47. The molecule has 1 saturated heterocycles. The van der Waals surface area contributed by atoms with Gasteiger partial charge < -0.3 is 9.64 Å². The minimum absolute atomic E-state index is 0.134. The third kappa shape index (κ3) is 5.21. The zero-order valence-corrected chi connectivity index (χ0v) is 15.4. The number of nitrogens with one attached hydrogen (secondary N) is 1. The van der Waals surface area contributed by atoms with Gasteiger partial charge in [0.2, 0.25) is 0 Å². The van der Waals surface area contributed by atoms with Crippen molar-refractivity contribution in [1.29, 1.82) is 0 Å². The predicted molar refractivity (Wildman–Crippen MR) is 103 cm³/mol. The lowest BCUT2D eigenvalue weighted by Crippen LogP contribution is -2.28. The first-order valence-corrected chi connectivity index (χ1v) is 9.46. The number of carbonyl (C=O) groups is 1. The molecule has 2 heterocycles. The monoisotopic (exact) mass is 377 g/mol. The summed E-state index contributed by atoms with van der Waals surface area (Å²) in [6, 6.07) is 11.2. The van der Waals surface area contributed by atoms with Gasteiger partial charge in [-0.3, -0.25) is 4.79 Å². The molecule has 1 aromatic carbocycles. The highest BCUT2D eigenvalue weighted by Gasteiger charge is 2.12. The number of piperidine rings is 1. The normalized spacial score (nSPS) is 14.7. The number of rotatable bonds is 6. The smallest absolute Gasteiger partial charge is 0.277 e. The second-order valence-electron chi connectivity index (χ2n) is 5.74. The van der Waals surface area contributed by atoms with Gasteiger partial charge in [-0.15, -0.1) is 11.3 Å². The van der Waals surface area contributed by atoms with Crippen molar-refractivity contribution in [3.63, 3.8) is 0 Å². The van der Waals surface area contributed by atoms with E-state index in [4.69, 9.17) is 16.3 Å². The van der Waals surface area contributed by atoms with Crippen molar-refractivity contribution in [3.8, 4) is 5.75 Å². The Morgan fingerprint density at radius 3 is 2.84 bits per heavy atom. The molecule has 7 heteroatoms. The van der Waals surface area contributed by atoms with Crippen LogP contribution in [0.3, 0.4) is 0 Å². The van der Waals surface area contributed by atoms with Crippen LogP contribution in [0, 0.1) is 0 Å². The Morgan fingerprint density at radius 2 is 2.04 bits per heavy atom. The molecule has 0 atom stereocenters. The number of thiophene rings is 1. The van der Waals surface area contributed by atoms with E-state index >= 15 is 0 Å². The molecule has 5 nitrogen and oxygen atoms in total. The number of nitrogens with zero attached hydrogens (tertiary/aromatic N) is 2. The summed E-state index contributed by atoms with van der Waals surface area (Å²) >= 11 is 7.65. The fourth-order valence-corrected chi connectivity index (χ4v) is 3.72. The number of ether oxygens (including phenoxy) is 1. The van der Waals surface area contributed by atoms with E-state index in [0.29, 0.717) is 10.8 Å². The van der Waals surface area contributed by atoms with Crippen LogP contribution < -0.4 is 15.1 Å². The standard InChI is InChI=1S/C18H20ClN3O2S/c19-15-6-2-3-7-16(15)24-13-17(23)21-20-12-14-8-9-18(25-14)22-10-4-1-5-11-22/h2-3,6-9,12H,1,4-5,10-11,13H2,(H,21,23)/b20-12+. The molecule has 0 radical (unpaired) electrons. The molecule has 1 aliphatic rings. The molecule has 0 aliphatic carbocycles. The largest absolute Gasteiger partial charge is 0.482 e. The molecule has 3 rings (SSSR count). The van der Waals surface area contributed by atoms with E-state index in [0.717, 1.165) is 18.0 Å². The zero-order valence-electron chi connectivity index (χ0n) is 13.8. The molecule has 25 heavy (non-hydrogen) atoms. The van der Waals surface area contributed by atoms with E-state index in [9.17, 15) is 4.79 Å². The van der Waals surface area contributed by atoms with Crippen LogP contribution in [0.2, 0.25) is 5.02 Å². The van der Waals surface area contributed by atoms with Gasteiger partial charge in [0.15, 0.2) is 6.61 Å². The minimum atomic E-state index is -0.330. The average Bonchev–Trinajstić information content (AvgIpc) is 3.11. The summed E-state index contributed by atoms with van der Waals surface area (Å²) in [4.78, 5) is 15.2. The van der Waals surface area contributed by atoms with E-state index in [2.05, 4.69) is 21.5 Å². The van der Waals surface area contributed by atoms with Gasteiger partial charge in [0.05, 0.1) is 16.2 Å². The molecule has 0 unspecified atom stereocenters. The summed E-state index contributed by atoms with van der Waals surface area (Å²) in [7, 11) is 0. The number of carbonyl (C=O) groups excluding carboxylic acids is 1. The van der Waals surface area contributed by atoms with E-state index in [1.165, 1.54) is 24.3 Å². The van der Waals surface area contributed by atoms with E-state index in [1.807, 2.05) is 6.07 Å². The van der Waals surface area contributed by atoms with Crippen LogP contribution in [-0.2, 0) is 4.79 Å². The van der Waals surface area contributed by atoms with Gasteiger partial charge in [-0.1, -0.05) is 23.7 Å². The van der Waals surface area contributed by atoms with Crippen LogP contribution in [-0.4, -0.2) is 31.8 Å². The fourth-order valence-electron chi connectivity index (χ4n) is 2.60. The number of hydrogen-bond donors (Lipinski definition) is 1. The van der Waals surface area contributed by atoms with Crippen molar-refractivity contribution in [2.45, 2.75) is 19.3 Å². The van der Waals surface area contributed by atoms with Gasteiger partial charge in [-0.2, -0.15) is 5.10 Å². The second kappa shape index (κ2) is 8.87. The highest BCUT2D eigenvalue weighted by atomic mass is 35.5. The van der Waals surface area contributed by atoms with Crippen molar-refractivity contribution in [2.24, 2.45) is 5.10 Å². The van der Waals surface area contributed by atoms with E-state index in [-0.39, 0.29) is 12.5 Å². The quantitative estimate of drug-likeness (QED) is 0.613. The lowest BCUT2D eigenvalue weighted by atomic mass is 10.1. The lowest BCUT2D eigenvalue weighted by Gasteiger charge is -2.27. The predicted octanol–water partition coefficient (Wildman–Crippen LogP) is 3.92.